The van der Waals surface area contributed by atoms with E-state index in [1.165, 1.54) is 27.7 Å². The highest BCUT2D eigenvalue weighted by Crippen LogP contribution is 2.39. The third-order valence-electron chi connectivity index (χ3n) is 7.11. The van der Waals surface area contributed by atoms with Gasteiger partial charge in [-0.2, -0.15) is 4.31 Å². The lowest BCUT2D eigenvalue weighted by Gasteiger charge is -2.32. The van der Waals surface area contributed by atoms with Crippen molar-refractivity contribution < 1.29 is 8.42 Å². The van der Waals surface area contributed by atoms with Gasteiger partial charge in [-0.1, -0.05) is 60.1 Å². The zero-order valence-electron chi connectivity index (χ0n) is 19.5. The number of aromatic nitrogens is 1. The van der Waals surface area contributed by atoms with E-state index in [0.29, 0.717) is 23.9 Å². The summed E-state index contributed by atoms with van der Waals surface area (Å²) in [5, 5.41) is 2.01. The summed E-state index contributed by atoms with van der Waals surface area (Å²) in [6.07, 6.45) is 1.64. The summed E-state index contributed by atoms with van der Waals surface area (Å²) in [5.41, 5.74) is 5.85. The molecule has 1 aromatic heterocycles. The van der Waals surface area contributed by atoms with Crippen LogP contribution in [-0.4, -0.2) is 30.4 Å². The zero-order valence-corrected chi connectivity index (χ0v) is 21.1. The topological polar surface area (TPSA) is 42.3 Å². The number of hydrogen-bond acceptors (Lipinski definition) is 2. The molecular formula is C28H29ClN2O2S. The van der Waals surface area contributed by atoms with E-state index in [9.17, 15) is 8.42 Å². The van der Waals surface area contributed by atoms with Crippen LogP contribution in [0.25, 0.3) is 10.9 Å². The first kappa shape index (κ1) is 23.2. The van der Waals surface area contributed by atoms with Crippen LogP contribution in [0.1, 0.15) is 41.1 Å². The standard InChI is InChI=1S/C28H29ClN2O2S/c1-20-7-3-6-10-27(20)34(32,33)30-17-15-23(16-18-30)28-21(2)31(26-9-5-4-8-25(26)28)19-22-11-13-24(29)14-12-22/h3-14,23H,15-19H2,1-2H3. The van der Waals surface area contributed by atoms with Crippen LogP contribution < -0.4 is 0 Å². The first-order chi connectivity index (χ1) is 16.4. The van der Waals surface area contributed by atoms with Gasteiger partial charge >= 0.3 is 0 Å². The van der Waals surface area contributed by atoms with Crippen LogP contribution in [0.5, 0.6) is 0 Å². The Balaban J connectivity index is 1.43. The number of halogens is 1. The minimum Gasteiger partial charge on any atom is -0.340 e. The summed E-state index contributed by atoms with van der Waals surface area (Å²) in [5.74, 6) is 0.333. The average Bonchev–Trinajstić information content (AvgIpc) is 3.12. The smallest absolute Gasteiger partial charge is 0.243 e. The molecule has 0 atom stereocenters. The van der Waals surface area contributed by atoms with Gasteiger partial charge in [0.15, 0.2) is 0 Å². The fourth-order valence-electron chi connectivity index (χ4n) is 5.32. The maximum atomic E-state index is 13.3. The third-order valence-corrected chi connectivity index (χ3v) is 9.42. The maximum absolute atomic E-state index is 13.3. The highest BCUT2D eigenvalue weighted by atomic mass is 35.5. The van der Waals surface area contributed by atoms with Crippen LogP contribution in [0, 0.1) is 13.8 Å². The van der Waals surface area contributed by atoms with Crippen molar-refractivity contribution in [2.75, 3.05) is 13.1 Å². The summed E-state index contributed by atoms with van der Waals surface area (Å²) in [4.78, 5) is 0.421. The number of para-hydroxylation sites is 1. The number of benzene rings is 3. The van der Waals surface area contributed by atoms with Crippen molar-refractivity contribution in [1.82, 2.24) is 8.87 Å². The Morgan fingerprint density at radius 3 is 2.24 bits per heavy atom. The van der Waals surface area contributed by atoms with Gasteiger partial charge < -0.3 is 4.57 Å². The van der Waals surface area contributed by atoms with E-state index in [2.05, 4.69) is 47.9 Å². The Bertz CT molecular complexity index is 1430. The maximum Gasteiger partial charge on any atom is 0.243 e. The molecule has 176 valence electrons. The molecule has 0 spiro atoms. The van der Waals surface area contributed by atoms with Gasteiger partial charge in [0, 0.05) is 41.3 Å². The highest BCUT2D eigenvalue weighted by Gasteiger charge is 2.32. The molecule has 0 bridgehead atoms. The SMILES string of the molecule is Cc1ccccc1S(=O)(=O)N1CCC(c2c(C)n(Cc3ccc(Cl)cc3)c3ccccc23)CC1. The molecule has 4 nitrogen and oxygen atoms in total. The van der Waals surface area contributed by atoms with Gasteiger partial charge in [0.2, 0.25) is 10.0 Å². The summed E-state index contributed by atoms with van der Waals surface area (Å²) >= 11 is 6.08. The second kappa shape index (κ2) is 9.21. The number of piperidine rings is 1. The quantitative estimate of drug-likeness (QED) is 0.318. The van der Waals surface area contributed by atoms with Crippen molar-refractivity contribution in [3.05, 3.63) is 100 Å². The number of nitrogens with zero attached hydrogens (tertiary/aromatic N) is 2. The van der Waals surface area contributed by atoms with Gasteiger partial charge in [-0.3, -0.25) is 0 Å². The third kappa shape index (κ3) is 4.17. The lowest BCUT2D eigenvalue weighted by Crippen LogP contribution is -2.38. The van der Waals surface area contributed by atoms with Crippen molar-refractivity contribution in [3.8, 4) is 0 Å². The number of rotatable bonds is 5. The summed E-state index contributed by atoms with van der Waals surface area (Å²) in [6.45, 7) is 5.92. The lowest BCUT2D eigenvalue weighted by molar-refractivity contribution is 0.319. The van der Waals surface area contributed by atoms with E-state index in [0.717, 1.165) is 30.0 Å². The Labute approximate surface area is 206 Å². The van der Waals surface area contributed by atoms with E-state index in [1.54, 1.807) is 16.4 Å². The zero-order chi connectivity index (χ0) is 23.9. The Morgan fingerprint density at radius 2 is 1.53 bits per heavy atom. The lowest BCUT2D eigenvalue weighted by atomic mass is 9.88. The highest BCUT2D eigenvalue weighted by molar-refractivity contribution is 7.89. The van der Waals surface area contributed by atoms with Gasteiger partial charge in [-0.05, 0) is 73.6 Å². The summed E-state index contributed by atoms with van der Waals surface area (Å²) in [6, 6.07) is 23.8. The second-order valence-electron chi connectivity index (χ2n) is 9.17. The van der Waals surface area contributed by atoms with Crippen LogP contribution in [0.4, 0.5) is 0 Å². The molecular weight excluding hydrogens is 464 g/mol. The molecule has 1 aliphatic heterocycles. The first-order valence-corrected chi connectivity index (χ1v) is 13.6. The molecule has 0 unspecified atom stereocenters. The second-order valence-corrected chi connectivity index (χ2v) is 11.5. The Morgan fingerprint density at radius 1 is 0.882 bits per heavy atom. The fourth-order valence-corrected chi connectivity index (χ4v) is 7.14. The summed E-state index contributed by atoms with van der Waals surface area (Å²) < 4.78 is 30.6. The molecule has 1 aliphatic rings. The number of aryl methyl sites for hydroxylation is 1. The van der Waals surface area contributed by atoms with Gasteiger partial charge in [0.1, 0.15) is 0 Å². The monoisotopic (exact) mass is 492 g/mol. The number of fused-ring (bicyclic) bond motifs is 1. The molecule has 1 saturated heterocycles. The van der Waals surface area contributed by atoms with E-state index in [-0.39, 0.29) is 0 Å². The van der Waals surface area contributed by atoms with Gasteiger partial charge in [0.25, 0.3) is 0 Å². The van der Waals surface area contributed by atoms with Crippen molar-refractivity contribution in [3.63, 3.8) is 0 Å². The van der Waals surface area contributed by atoms with Crippen LogP contribution in [-0.2, 0) is 16.6 Å². The predicted octanol–water partition coefficient (Wildman–Crippen LogP) is 6.53. The van der Waals surface area contributed by atoms with Crippen molar-refractivity contribution in [2.24, 2.45) is 0 Å². The van der Waals surface area contributed by atoms with Crippen LogP contribution in [0.2, 0.25) is 5.02 Å². The Hall–Kier alpha value is -2.60. The predicted molar refractivity (Wildman–Crippen MR) is 139 cm³/mol. The molecule has 0 saturated carbocycles. The van der Waals surface area contributed by atoms with E-state index in [4.69, 9.17) is 11.6 Å². The largest absolute Gasteiger partial charge is 0.340 e. The van der Waals surface area contributed by atoms with Crippen molar-refractivity contribution >= 4 is 32.5 Å². The average molecular weight is 493 g/mol. The van der Waals surface area contributed by atoms with Gasteiger partial charge in [-0.15, -0.1) is 0 Å². The van der Waals surface area contributed by atoms with Gasteiger partial charge in [0.05, 0.1) is 4.90 Å². The normalized spacial score (nSPS) is 15.7. The first-order valence-electron chi connectivity index (χ1n) is 11.7. The molecule has 2 heterocycles. The van der Waals surface area contributed by atoms with E-state index >= 15 is 0 Å². The van der Waals surface area contributed by atoms with Crippen LogP contribution in [0.3, 0.4) is 0 Å². The molecule has 6 heteroatoms. The molecule has 1 fully saturated rings. The minimum absolute atomic E-state index is 0.333. The van der Waals surface area contributed by atoms with Crippen LogP contribution >= 0.6 is 11.6 Å². The molecule has 5 rings (SSSR count). The Kier molecular flexibility index (Phi) is 6.28. The van der Waals surface area contributed by atoms with Crippen molar-refractivity contribution in [2.45, 2.75) is 44.0 Å². The molecule has 34 heavy (non-hydrogen) atoms. The molecule has 4 aromatic rings. The molecule has 0 N–H and O–H groups in total. The fraction of sp³-hybridized carbons (Fsp3) is 0.286. The number of hydrogen-bond donors (Lipinski definition) is 0. The molecule has 0 aliphatic carbocycles. The van der Waals surface area contributed by atoms with Crippen molar-refractivity contribution in [1.29, 1.82) is 0 Å². The van der Waals surface area contributed by atoms with Gasteiger partial charge in [-0.25, -0.2) is 8.42 Å². The summed E-state index contributed by atoms with van der Waals surface area (Å²) in [7, 11) is -3.47. The number of sulfonamides is 1. The van der Waals surface area contributed by atoms with Crippen LogP contribution in [0.15, 0.2) is 77.7 Å². The molecule has 0 radical (unpaired) electrons. The molecule has 3 aromatic carbocycles. The van der Waals surface area contributed by atoms with E-state index in [1.807, 2.05) is 31.2 Å². The minimum atomic E-state index is -3.47. The molecule has 0 amide bonds. The van der Waals surface area contributed by atoms with E-state index < -0.39 is 10.0 Å².